The molecular formula is C15H23ClN2. The van der Waals surface area contributed by atoms with Gasteiger partial charge < -0.3 is 0 Å². The maximum Gasteiger partial charge on any atom is 0.135 e. The Labute approximate surface area is 115 Å². The molecule has 100 valence electrons. The maximum atomic E-state index is 6.22. The predicted octanol–water partition coefficient (Wildman–Crippen LogP) is 4.68. The molecule has 0 radical (unpaired) electrons. The molecule has 0 aromatic carbocycles. The topological polar surface area (TPSA) is 25.8 Å². The van der Waals surface area contributed by atoms with Crippen LogP contribution in [0.4, 0.5) is 0 Å². The molecular weight excluding hydrogens is 244 g/mol. The summed E-state index contributed by atoms with van der Waals surface area (Å²) in [4.78, 5) is 9.23. The Morgan fingerprint density at radius 3 is 2.39 bits per heavy atom. The zero-order valence-electron chi connectivity index (χ0n) is 11.9. The van der Waals surface area contributed by atoms with E-state index in [9.17, 15) is 0 Å². The van der Waals surface area contributed by atoms with Gasteiger partial charge in [-0.3, -0.25) is 0 Å². The molecule has 1 saturated carbocycles. The Hall–Kier alpha value is -0.630. The summed E-state index contributed by atoms with van der Waals surface area (Å²) in [6.07, 6.45) is 5.83. The number of rotatable bonds is 2. The van der Waals surface area contributed by atoms with Crippen LogP contribution in [-0.2, 0) is 6.42 Å². The van der Waals surface area contributed by atoms with E-state index in [0.29, 0.717) is 16.5 Å². The first kappa shape index (κ1) is 13.8. The van der Waals surface area contributed by atoms with Crippen molar-refractivity contribution in [3.63, 3.8) is 0 Å². The minimum absolute atomic E-state index is 0.485. The van der Waals surface area contributed by atoms with Crippen LogP contribution < -0.4 is 0 Å². The lowest BCUT2D eigenvalue weighted by Gasteiger charge is -2.33. The lowest BCUT2D eigenvalue weighted by molar-refractivity contribution is 0.220. The van der Waals surface area contributed by atoms with Gasteiger partial charge in [-0.25, -0.2) is 9.97 Å². The molecule has 0 spiro atoms. The second kappa shape index (κ2) is 5.16. The standard InChI is InChI=1S/C15H23ClN2/c1-5-12-10(2)13(16)18-14(17-12)11-6-8-15(3,4)9-7-11/h11H,5-9H2,1-4H3. The smallest absolute Gasteiger partial charge is 0.135 e. The Morgan fingerprint density at radius 1 is 1.22 bits per heavy atom. The van der Waals surface area contributed by atoms with Gasteiger partial charge in [-0.1, -0.05) is 32.4 Å². The van der Waals surface area contributed by atoms with E-state index in [-0.39, 0.29) is 0 Å². The molecule has 0 aliphatic heterocycles. The highest BCUT2D eigenvalue weighted by Gasteiger charge is 2.29. The Kier molecular flexibility index (Phi) is 3.96. The van der Waals surface area contributed by atoms with Crippen molar-refractivity contribution in [2.24, 2.45) is 5.41 Å². The van der Waals surface area contributed by atoms with Crippen LogP contribution in [-0.4, -0.2) is 9.97 Å². The number of aromatic nitrogens is 2. The van der Waals surface area contributed by atoms with Crippen LogP contribution in [0.3, 0.4) is 0 Å². The molecule has 0 saturated heterocycles. The number of aryl methyl sites for hydroxylation is 1. The lowest BCUT2D eigenvalue weighted by atomic mass is 9.73. The maximum absolute atomic E-state index is 6.22. The zero-order valence-corrected chi connectivity index (χ0v) is 12.6. The molecule has 0 atom stereocenters. The SMILES string of the molecule is CCc1nc(C2CCC(C)(C)CC2)nc(Cl)c1C. The highest BCUT2D eigenvalue weighted by molar-refractivity contribution is 6.30. The van der Waals surface area contributed by atoms with Crippen molar-refractivity contribution < 1.29 is 0 Å². The second-order valence-corrected chi connectivity index (χ2v) is 6.59. The minimum Gasteiger partial charge on any atom is -0.237 e. The van der Waals surface area contributed by atoms with Crippen LogP contribution in [0.15, 0.2) is 0 Å². The van der Waals surface area contributed by atoms with Crippen LogP contribution in [0, 0.1) is 12.3 Å². The van der Waals surface area contributed by atoms with Gasteiger partial charge in [-0.15, -0.1) is 0 Å². The third kappa shape index (κ3) is 2.85. The summed E-state index contributed by atoms with van der Waals surface area (Å²) in [7, 11) is 0. The molecule has 18 heavy (non-hydrogen) atoms. The highest BCUT2D eigenvalue weighted by Crippen LogP contribution is 2.41. The van der Waals surface area contributed by atoms with E-state index in [1.54, 1.807) is 0 Å². The van der Waals surface area contributed by atoms with Crippen molar-refractivity contribution in [1.82, 2.24) is 9.97 Å². The van der Waals surface area contributed by atoms with E-state index in [4.69, 9.17) is 16.6 Å². The molecule has 1 aromatic rings. The van der Waals surface area contributed by atoms with Crippen LogP contribution in [0.2, 0.25) is 5.15 Å². The Morgan fingerprint density at radius 2 is 1.83 bits per heavy atom. The first-order chi connectivity index (χ1) is 8.43. The third-order valence-corrected chi connectivity index (χ3v) is 4.61. The Bertz CT molecular complexity index is 430. The number of halogens is 1. The first-order valence-corrected chi connectivity index (χ1v) is 7.33. The largest absolute Gasteiger partial charge is 0.237 e. The van der Waals surface area contributed by atoms with Crippen LogP contribution in [0.25, 0.3) is 0 Å². The molecule has 0 unspecified atom stereocenters. The van der Waals surface area contributed by atoms with E-state index in [2.05, 4.69) is 25.8 Å². The van der Waals surface area contributed by atoms with E-state index >= 15 is 0 Å². The quantitative estimate of drug-likeness (QED) is 0.726. The molecule has 1 aliphatic rings. The van der Waals surface area contributed by atoms with Gasteiger partial charge >= 0.3 is 0 Å². The molecule has 1 fully saturated rings. The van der Waals surface area contributed by atoms with Gasteiger partial charge in [0.05, 0.1) is 0 Å². The fourth-order valence-electron chi connectivity index (χ4n) is 2.73. The van der Waals surface area contributed by atoms with E-state index in [1.165, 1.54) is 25.7 Å². The normalized spacial score (nSPS) is 20.1. The van der Waals surface area contributed by atoms with E-state index in [0.717, 1.165) is 23.5 Å². The zero-order chi connectivity index (χ0) is 13.3. The lowest BCUT2D eigenvalue weighted by Crippen LogP contribution is -2.21. The highest BCUT2D eigenvalue weighted by atomic mass is 35.5. The first-order valence-electron chi connectivity index (χ1n) is 6.96. The van der Waals surface area contributed by atoms with Crippen molar-refractivity contribution in [2.75, 3.05) is 0 Å². The number of hydrogen-bond donors (Lipinski definition) is 0. The van der Waals surface area contributed by atoms with Crippen molar-refractivity contribution in [3.8, 4) is 0 Å². The summed E-state index contributed by atoms with van der Waals surface area (Å²) >= 11 is 6.22. The van der Waals surface area contributed by atoms with Gasteiger partial charge in [-0.05, 0) is 44.4 Å². The second-order valence-electron chi connectivity index (χ2n) is 6.24. The molecule has 0 N–H and O–H groups in total. The number of nitrogens with zero attached hydrogens (tertiary/aromatic N) is 2. The summed E-state index contributed by atoms with van der Waals surface area (Å²) < 4.78 is 0. The fourth-order valence-corrected chi connectivity index (χ4v) is 2.93. The number of hydrogen-bond acceptors (Lipinski definition) is 2. The van der Waals surface area contributed by atoms with Gasteiger partial charge in [-0.2, -0.15) is 0 Å². The third-order valence-electron chi connectivity index (χ3n) is 4.24. The predicted molar refractivity (Wildman–Crippen MR) is 76.1 cm³/mol. The van der Waals surface area contributed by atoms with E-state index in [1.807, 2.05) is 6.92 Å². The fraction of sp³-hybridized carbons (Fsp3) is 0.733. The van der Waals surface area contributed by atoms with E-state index < -0.39 is 0 Å². The molecule has 0 bridgehead atoms. The summed E-state index contributed by atoms with van der Waals surface area (Å²) in [6, 6.07) is 0. The van der Waals surface area contributed by atoms with Crippen molar-refractivity contribution >= 4 is 11.6 Å². The molecule has 3 heteroatoms. The molecule has 1 aromatic heterocycles. The average Bonchev–Trinajstić information content (AvgIpc) is 2.32. The molecule has 2 nitrogen and oxygen atoms in total. The van der Waals surface area contributed by atoms with Gasteiger partial charge in [0.1, 0.15) is 11.0 Å². The summed E-state index contributed by atoms with van der Waals surface area (Å²) in [6.45, 7) is 8.84. The molecule has 1 heterocycles. The minimum atomic E-state index is 0.485. The van der Waals surface area contributed by atoms with Crippen molar-refractivity contribution in [2.45, 2.75) is 65.7 Å². The van der Waals surface area contributed by atoms with Crippen LogP contribution in [0.1, 0.15) is 69.5 Å². The van der Waals surface area contributed by atoms with Crippen LogP contribution in [0.5, 0.6) is 0 Å². The summed E-state index contributed by atoms with van der Waals surface area (Å²) in [5.41, 5.74) is 2.63. The monoisotopic (exact) mass is 266 g/mol. The molecule has 0 amide bonds. The average molecular weight is 267 g/mol. The molecule has 2 rings (SSSR count). The molecule has 1 aliphatic carbocycles. The van der Waals surface area contributed by atoms with Crippen molar-refractivity contribution in [1.29, 1.82) is 0 Å². The Balaban J connectivity index is 2.22. The summed E-state index contributed by atoms with van der Waals surface area (Å²) in [5.74, 6) is 1.47. The van der Waals surface area contributed by atoms with Gasteiger partial charge in [0, 0.05) is 17.2 Å². The van der Waals surface area contributed by atoms with Crippen LogP contribution >= 0.6 is 11.6 Å². The van der Waals surface area contributed by atoms with Gasteiger partial charge in [0.25, 0.3) is 0 Å². The van der Waals surface area contributed by atoms with Gasteiger partial charge in [0.2, 0.25) is 0 Å². The van der Waals surface area contributed by atoms with Gasteiger partial charge in [0.15, 0.2) is 0 Å². The summed E-state index contributed by atoms with van der Waals surface area (Å²) in [5, 5.41) is 0.640. The van der Waals surface area contributed by atoms with Crippen molar-refractivity contribution in [3.05, 3.63) is 22.2 Å².